The second-order valence-electron chi connectivity index (χ2n) is 9.48. The van der Waals surface area contributed by atoms with E-state index in [0.29, 0.717) is 22.6 Å². The number of esters is 1. The second kappa shape index (κ2) is 8.62. The lowest BCUT2D eigenvalue weighted by Gasteiger charge is -2.40. The molecule has 0 bridgehead atoms. The van der Waals surface area contributed by atoms with E-state index < -0.39 is 11.8 Å². The summed E-state index contributed by atoms with van der Waals surface area (Å²) in [6.45, 7) is 1.82. The van der Waals surface area contributed by atoms with Crippen LogP contribution >= 0.6 is 0 Å². The number of cyclic esters (lactones) is 1. The summed E-state index contributed by atoms with van der Waals surface area (Å²) in [4.78, 5) is 24.9. The van der Waals surface area contributed by atoms with Gasteiger partial charge in [0.1, 0.15) is 0 Å². The maximum atomic E-state index is 13.2. The number of aromatic hydroxyl groups is 2. The summed E-state index contributed by atoms with van der Waals surface area (Å²) in [6, 6.07) is 13.8. The minimum atomic E-state index is -0.574. The smallest absolute Gasteiger partial charge is 0.310 e. The van der Waals surface area contributed by atoms with Crippen molar-refractivity contribution in [1.82, 2.24) is 0 Å². The molecule has 3 aromatic carbocycles. The van der Waals surface area contributed by atoms with Crippen LogP contribution in [0.4, 0.5) is 5.69 Å². The van der Waals surface area contributed by atoms with Crippen LogP contribution in [0.25, 0.3) is 0 Å². The zero-order valence-electron chi connectivity index (χ0n) is 20.2. The number of rotatable bonds is 5. The number of ketones is 1. The third-order valence-corrected chi connectivity index (χ3v) is 7.46. The minimum Gasteiger partial charge on any atom is -0.504 e. The molecule has 9 heteroatoms. The third-order valence-electron chi connectivity index (χ3n) is 7.46. The van der Waals surface area contributed by atoms with Gasteiger partial charge in [-0.3, -0.25) is 9.59 Å². The number of carbonyl (C=O) groups excluding carboxylic acids is 2. The summed E-state index contributed by atoms with van der Waals surface area (Å²) >= 11 is 0. The van der Waals surface area contributed by atoms with Gasteiger partial charge < -0.3 is 34.5 Å². The molecule has 0 spiro atoms. The van der Waals surface area contributed by atoms with Crippen molar-refractivity contribution in [3.63, 3.8) is 0 Å². The lowest BCUT2D eigenvalue weighted by Crippen LogP contribution is -2.37. The average molecular weight is 504 g/mol. The van der Waals surface area contributed by atoms with Crippen molar-refractivity contribution in [3.8, 4) is 28.7 Å². The number of nitrogens with one attached hydrogen (secondary N) is 1. The van der Waals surface area contributed by atoms with Crippen molar-refractivity contribution >= 4 is 17.4 Å². The van der Waals surface area contributed by atoms with Gasteiger partial charge in [-0.05, 0) is 72.1 Å². The van der Waals surface area contributed by atoms with E-state index in [2.05, 4.69) is 5.32 Å². The van der Waals surface area contributed by atoms with Crippen molar-refractivity contribution in [2.45, 2.75) is 18.9 Å². The molecule has 3 N–H and O–H groups in total. The van der Waals surface area contributed by atoms with E-state index in [1.807, 2.05) is 24.3 Å². The normalized spacial score (nSPS) is 23.1. The van der Waals surface area contributed by atoms with Crippen LogP contribution in [0.3, 0.4) is 0 Å². The molecule has 2 heterocycles. The van der Waals surface area contributed by atoms with Gasteiger partial charge in [0.15, 0.2) is 28.8 Å². The highest BCUT2D eigenvalue weighted by molar-refractivity contribution is 5.94. The monoisotopic (exact) mass is 503 g/mol. The summed E-state index contributed by atoms with van der Waals surface area (Å²) in [7, 11) is 1.40. The van der Waals surface area contributed by atoms with Gasteiger partial charge in [0, 0.05) is 23.1 Å². The fourth-order valence-corrected chi connectivity index (χ4v) is 5.68. The Balaban J connectivity index is 1.51. The van der Waals surface area contributed by atoms with Gasteiger partial charge in [-0.25, -0.2) is 0 Å². The van der Waals surface area contributed by atoms with Crippen molar-refractivity contribution in [2.24, 2.45) is 11.8 Å². The highest BCUT2D eigenvalue weighted by atomic mass is 16.7. The highest BCUT2D eigenvalue weighted by Crippen LogP contribution is 2.56. The fraction of sp³-hybridized carbons (Fsp3) is 0.286. The molecule has 3 aliphatic rings. The van der Waals surface area contributed by atoms with E-state index in [1.54, 1.807) is 18.2 Å². The Kier molecular flexibility index (Phi) is 5.36. The first-order valence-electron chi connectivity index (χ1n) is 11.9. The molecular weight excluding hydrogens is 478 g/mol. The first-order chi connectivity index (χ1) is 17.9. The quantitative estimate of drug-likeness (QED) is 0.268. The lowest BCUT2D eigenvalue weighted by molar-refractivity contribution is -0.141. The van der Waals surface area contributed by atoms with Gasteiger partial charge in [0.2, 0.25) is 12.5 Å². The maximum absolute atomic E-state index is 13.2. The Morgan fingerprint density at radius 2 is 1.70 bits per heavy atom. The number of benzene rings is 3. The van der Waals surface area contributed by atoms with Crippen molar-refractivity contribution in [1.29, 1.82) is 0 Å². The van der Waals surface area contributed by atoms with Gasteiger partial charge in [0.25, 0.3) is 0 Å². The lowest BCUT2D eigenvalue weighted by atomic mass is 9.65. The Bertz CT molecular complexity index is 1420. The Labute approximate surface area is 212 Å². The van der Waals surface area contributed by atoms with Crippen LogP contribution in [0.5, 0.6) is 28.7 Å². The van der Waals surface area contributed by atoms with E-state index in [1.165, 1.54) is 20.1 Å². The number of carbonyl (C=O) groups is 2. The molecule has 0 saturated carbocycles. The molecule has 0 amide bonds. The van der Waals surface area contributed by atoms with Crippen LogP contribution in [0.15, 0.2) is 48.5 Å². The molecule has 9 nitrogen and oxygen atoms in total. The number of hydrogen-bond acceptors (Lipinski definition) is 9. The highest BCUT2D eigenvalue weighted by Gasteiger charge is 2.52. The average Bonchev–Trinajstić information content (AvgIpc) is 3.51. The van der Waals surface area contributed by atoms with Crippen LogP contribution in [0.1, 0.15) is 45.9 Å². The summed E-state index contributed by atoms with van der Waals surface area (Å²) < 4.78 is 22.2. The summed E-state index contributed by atoms with van der Waals surface area (Å²) in [5, 5.41) is 24.2. The third kappa shape index (κ3) is 3.69. The largest absolute Gasteiger partial charge is 0.504 e. The van der Waals surface area contributed by atoms with Gasteiger partial charge in [-0.15, -0.1) is 0 Å². The van der Waals surface area contributed by atoms with E-state index in [9.17, 15) is 19.8 Å². The van der Waals surface area contributed by atoms with Crippen molar-refractivity contribution < 1.29 is 38.7 Å². The fourth-order valence-electron chi connectivity index (χ4n) is 5.68. The number of phenolic OH excluding ortho intramolecular Hbond substituents is 2. The van der Waals surface area contributed by atoms with Crippen LogP contribution in [0, 0.1) is 11.8 Å². The van der Waals surface area contributed by atoms with Gasteiger partial charge >= 0.3 is 5.97 Å². The Morgan fingerprint density at radius 1 is 1.00 bits per heavy atom. The van der Waals surface area contributed by atoms with Crippen molar-refractivity contribution in [3.05, 3.63) is 70.8 Å². The molecule has 3 aromatic rings. The van der Waals surface area contributed by atoms with Gasteiger partial charge in [-0.1, -0.05) is 0 Å². The van der Waals surface area contributed by atoms with E-state index in [4.69, 9.17) is 18.9 Å². The Morgan fingerprint density at radius 3 is 2.38 bits per heavy atom. The Hall–Kier alpha value is -4.40. The number of fused-ring (bicyclic) bond motifs is 3. The van der Waals surface area contributed by atoms with Crippen molar-refractivity contribution in [2.75, 3.05) is 25.8 Å². The number of anilines is 1. The summed E-state index contributed by atoms with van der Waals surface area (Å²) in [6.07, 6.45) is 0. The predicted molar refractivity (Wildman–Crippen MR) is 131 cm³/mol. The molecule has 1 fully saturated rings. The minimum absolute atomic E-state index is 0.0208. The standard InChI is InChI=1S/C28H25NO8/c1-13(30)14-3-5-16(6-4-14)29-26-18-10-22-21(36-12-37-22)9-17(18)24(25-19(26)11-35-28(25)33)15-7-20(31)27(32)23(8-15)34-2/h3-10,19,24-26,29,31-32H,11-12H2,1-2H3/t19-,24+,25-,26+/m0/s1. The molecule has 190 valence electrons. The molecule has 6 rings (SSSR count). The van der Waals surface area contributed by atoms with Crippen LogP contribution in [0.2, 0.25) is 0 Å². The number of methoxy groups -OCH3 is 1. The number of Topliss-reactive ketones (excluding diaryl/α,β-unsaturated/α-hetero) is 1. The first kappa shape index (κ1) is 23.0. The van der Waals surface area contributed by atoms with E-state index in [0.717, 1.165) is 16.8 Å². The number of ether oxygens (including phenoxy) is 4. The molecule has 0 aromatic heterocycles. The molecule has 0 unspecified atom stereocenters. The second-order valence-corrected chi connectivity index (χ2v) is 9.48. The van der Waals surface area contributed by atoms with Crippen LogP contribution < -0.4 is 19.5 Å². The SMILES string of the molecule is COc1cc([C@@H]2c3cc4c(cc3[C@@H](Nc3ccc(C(C)=O)cc3)[C@H]3COC(=O)[C@H]23)OCO4)cc(O)c1O. The van der Waals surface area contributed by atoms with E-state index in [-0.39, 0.29) is 54.4 Å². The van der Waals surface area contributed by atoms with Crippen LogP contribution in [-0.4, -0.2) is 42.5 Å². The molecule has 1 saturated heterocycles. The molecule has 4 atom stereocenters. The molecule has 1 aliphatic carbocycles. The summed E-state index contributed by atoms with van der Waals surface area (Å²) in [5.74, 6) is -1.13. The number of hydrogen-bond donors (Lipinski definition) is 3. The van der Waals surface area contributed by atoms with E-state index >= 15 is 0 Å². The first-order valence-corrected chi connectivity index (χ1v) is 11.9. The van der Waals surface area contributed by atoms with Gasteiger partial charge in [0.05, 0.1) is 25.7 Å². The molecule has 0 radical (unpaired) electrons. The number of phenols is 2. The zero-order valence-corrected chi connectivity index (χ0v) is 20.2. The maximum Gasteiger partial charge on any atom is 0.310 e. The summed E-state index contributed by atoms with van der Waals surface area (Å²) in [5.41, 5.74) is 3.71. The van der Waals surface area contributed by atoms with Crippen LogP contribution in [-0.2, 0) is 9.53 Å². The molecular formula is C28H25NO8. The predicted octanol–water partition coefficient (Wildman–Crippen LogP) is 4.13. The topological polar surface area (TPSA) is 124 Å². The molecule has 37 heavy (non-hydrogen) atoms. The molecule has 2 aliphatic heterocycles. The zero-order chi connectivity index (χ0) is 25.8. The van der Waals surface area contributed by atoms with Gasteiger partial charge in [-0.2, -0.15) is 0 Å².